The highest BCUT2D eigenvalue weighted by atomic mass is 19.1. The van der Waals surface area contributed by atoms with E-state index in [0.717, 1.165) is 24.8 Å². The fraction of sp³-hybridized carbons (Fsp3) is 0.600. The predicted molar refractivity (Wildman–Crippen MR) is 73.1 cm³/mol. The summed E-state index contributed by atoms with van der Waals surface area (Å²) >= 11 is 0. The fourth-order valence-corrected chi connectivity index (χ4v) is 2.22. The standard InChI is InChI=1S/C15H24FNO/c1-4-7-14(11-18-3)17-15(5-2)12-8-6-9-13(16)10-12/h6,8-10,14-15,17H,4-5,7,11H2,1-3H3. The number of ether oxygens (including phenoxy) is 1. The van der Waals surface area contributed by atoms with Crippen molar-refractivity contribution in [3.05, 3.63) is 35.6 Å². The second kappa shape index (κ2) is 8.22. The van der Waals surface area contributed by atoms with Crippen molar-refractivity contribution in [3.63, 3.8) is 0 Å². The minimum absolute atomic E-state index is 0.175. The van der Waals surface area contributed by atoms with Gasteiger partial charge in [0.15, 0.2) is 0 Å². The summed E-state index contributed by atoms with van der Waals surface area (Å²) in [7, 11) is 1.72. The number of hydrogen-bond acceptors (Lipinski definition) is 2. The lowest BCUT2D eigenvalue weighted by Crippen LogP contribution is -2.36. The van der Waals surface area contributed by atoms with E-state index in [1.54, 1.807) is 19.2 Å². The molecule has 102 valence electrons. The van der Waals surface area contributed by atoms with Gasteiger partial charge < -0.3 is 10.1 Å². The Balaban J connectivity index is 2.70. The molecule has 0 spiro atoms. The van der Waals surface area contributed by atoms with Crippen LogP contribution in [0.3, 0.4) is 0 Å². The molecule has 1 aromatic rings. The number of methoxy groups -OCH3 is 1. The van der Waals surface area contributed by atoms with Crippen molar-refractivity contribution in [3.8, 4) is 0 Å². The van der Waals surface area contributed by atoms with E-state index in [4.69, 9.17) is 4.74 Å². The largest absolute Gasteiger partial charge is 0.383 e. The van der Waals surface area contributed by atoms with Crippen LogP contribution in [0.4, 0.5) is 4.39 Å². The topological polar surface area (TPSA) is 21.3 Å². The average molecular weight is 253 g/mol. The van der Waals surface area contributed by atoms with Crippen LogP contribution in [0.1, 0.15) is 44.7 Å². The van der Waals surface area contributed by atoms with E-state index in [9.17, 15) is 4.39 Å². The molecule has 2 atom stereocenters. The zero-order valence-electron chi connectivity index (χ0n) is 11.6. The minimum Gasteiger partial charge on any atom is -0.383 e. The van der Waals surface area contributed by atoms with E-state index in [-0.39, 0.29) is 11.9 Å². The van der Waals surface area contributed by atoms with Crippen molar-refractivity contribution >= 4 is 0 Å². The summed E-state index contributed by atoms with van der Waals surface area (Å²) in [5.41, 5.74) is 1.01. The Hall–Kier alpha value is -0.930. The summed E-state index contributed by atoms with van der Waals surface area (Å²) in [6, 6.07) is 7.34. The lowest BCUT2D eigenvalue weighted by atomic mass is 10.0. The quantitative estimate of drug-likeness (QED) is 0.763. The normalized spacial score (nSPS) is 14.4. The van der Waals surface area contributed by atoms with Gasteiger partial charge in [0.05, 0.1) is 6.61 Å². The molecule has 1 aromatic carbocycles. The molecule has 0 bridgehead atoms. The van der Waals surface area contributed by atoms with Gasteiger partial charge in [-0.25, -0.2) is 4.39 Å². The first-order valence-electron chi connectivity index (χ1n) is 6.71. The molecule has 0 aliphatic carbocycles. The van der Waals surface area contributed by atoms with Gasteiger partial charge in [0, 0.05) is 19.2 Å². The van der Waals surface area contributed by atoms with E-state index in [2.05, 4.69) is 19.2 Å². The maximum Gasteiger partial charge on any atom is 0.123 e. The third-order valence-electron chi connectivity index (χ3n) is 3.10. The van der Waals surface area contributed by atoms with Crippen molar-refractivity contribution < 1.29 is 9.13 Å². The number of rotatable bonds is 8. The van der Waals surface area contributed by atoms with Gasteiger partial charge in [-0.1, -0.05) is 32.4 Å². The molecule has 0 saturated heterocycles. The Bertz CT molecular complexity index is 337. The van der Waals surface area contributed by atoms with Gasteiger partial charge in [-0.05, 0) is 30.5 Å². The van der Waals surface area contributed by atoms with Gasteiger partial charge in [-0.2, -0.15) is 0 Å². The molecule has 0 aliphatic rings. The highest BCUT2D eigenvalue weighted by Gasteiger charge is 2.15. The number of nitrogens with one attached hydrogen (secondary N) is 1. The highest BCUT2D eigenvalue weighted by Crippen LogP contribution is 2.19. The molecule has 3 heteroatoms. The van der Waals surface area contributed by atoms with Gasteiger partial charge in [0.1, 0.15) is 5.82 Å². The van der Waals surface area contributed by atoms with Crippen LogP contribution < -0.4 is 5.32 Å². The van der Waals surface area contributed by atoms with Crippen LogP contribution in [-0.2, 0) is 4.74 Å². The van der Waals surface area contributed by atoms with Gasteiger partial charge in [0.2, 0.25) is 0 Å². The Morgan fingerprint density at radius 3 is 2.67 bits per heavy atom. The van der Waals surface area contributed by atoms with Crippen LogP contribution in [0, 0.1) is 5.82 Å². The van der Waals surface area contributed by atoms with Crippen LogP contribution in [-0.4, -0.2) is 19.8 Å². The van der Waals surface area contributed by atoms with Crippen LogP contribution in [0.2, 0.25) is 0 Å². The highest BCUT2D eigenvalue weighted by molar-refractivity contribution is 5.20. The lowest BCUT2D eigenvalue weighted by Gasteiger charge is -2.25. The first kappa shape index (κ1) is 15.1. The van der Waals surface area contributed by atoms with Crippen LogP contribution in [0.5, 0.6) is 0 Å². The Morgan fingerprint density at radius 2 is 2.11 bits per heavy atom. The second-order valence-corrected chi connectivity index (χ2v) is 4.62. The second-order valence-electron chi connectivity index (χ2n) is 4.62. The van der Waals surface area contributed by atoms with Crippen molar-refractivity contribution in [2.75, 3.05) is 13.7 Å². The van der Waals surface area contributed by atoms with Gasteiger partial charge in [-0.3, -0.25) is 0 Å². The molecule has 0 heterocycles. The summed E-state index contributed by atoms with van der Waals surface area (Å²) in [5.74, 6) is -0.175. The number of hydrogen-bond donors (Lipinski definition) is 1. The maximum absolute atomic E-state index is 13.2. The first-order valence-corrected chi connectivity index (χ1v) is 6.71. The Morgan fingerprint density at radius 1 is 1.33 bits per heavy atom. The molecule has 2 nitrogen and oxygen atoms in total. The van der Waals surface area contributed by atoms with Gasteiger partial charge in [-0.15, -0.1) is 0 Å². The molecule has 0 fully saturated rings. The van der Waals surface area contributed by atoms with E-state index in [0.29, 0.717) is 12.6 Å². The number of halogens is 1. The Kier molecular flexibility index (Phi) is 6.91. The van der Waals surface area contributed by atoms with Crippen LogP contribution in [0.25, 0.3) is 0 Å². The zero-order chi connectivity index (χ0) is 13.4. The number of benzene rings is 1. The van der Waals surface area contributed by atoms with Crippen molar-refractivity contribution in [2.45, 2.75) is 45.2 Å². The van der Waals surface area contributed by atoms with E-state index in [1.807, 2.05) is 6.07 Å². The third-order valence-corrected chi connectivity index (χ3v) is 3.10. The van der Waals surface area contributed by atoms with Crippen molar-refractivity contribution in [1.82, 2.24) is 5.32 Å². The molecule has 2 unspecified atom stereocenters. The first-order chi connectivity index (χ1) is 8.71. The molecule has 0 amide bonds. The lowest BCUT2D eigenvalue weighted by molar-refractivity contribution is 0.155. The molecular weight excluding hydrogens is 229 g/mol. The molecular formula is C15H24FNO. The zero-order valence-corrected chi connectivity index (χ0v) is 11.6. The van der Waals surface area contributed by atoms with Crippen molar-refractivity contribution in [2.24, 2.45) is 0 Å². The average Bonchev–Trinajstić information content (AvgIpc) is 2.36. The smallest absolute Gasteiger partial charge is 0.123 e. The molecule has 0 aromatic heterocycles. The van der Waals surface area contributed by atoms with E-state index >= 15 is 0 Å². The van der Waals surface area contributed by atoms with E-state index in [1.165, 1.54) is 6.07 Å². The predicted octanol–water partition coefficient (Wildman–Crippen LogP) is 3.68. The van der Waals surface area contributed by atoms with Crippen molar-refractivity contribution in [1.29, 1.82) is 0 Å². The summed E-state index contributed by atoms with van der Waals surface area (Å²) in [5, 5.41) is 3.56. The maximum atomic E-state index is 13.2. The molecule has 0 saturated carbocycles. The molecule has 1 N–H and O–H groups in total. The third kappa shape index (κ3) is 4.75. The summed E-state index contributed by atoms with van der Waals surface area (Å²) in [6.07, 6.45) is 3.12. The monoisotopic (exact) mass is 253 g/mol. The SMILES string of the molecule is CCCC(COC)NC(CC)c1cccc(F)c1. The Labute approximate surface area is 110 Å². The van der Waals surface area contributed by atoms with Crippen LogP contribution >= 0.6 is 0 Å². The van der Waals surface area contributed by atoms with E-state index < -0.39 is 0 Å². The molecule has 0 aliphatic heterocycles. The van der Waals surface area contributed by atoms with Crippen LogP contribution in [0.15, 0.2) is 24.3 Å². The van der Waals surface area contributed by atoms with Gasteiger partial charge >= 0.3 is 0 Å². The summed E-state index contributed by atoms with van der Waals surface area (Å²) < 4.78 is 18.5. The molecule has 0 radical (unpaired) electrons. The summed E-state index contributed by atoms with van der Waals surface area (Å²) in [6.45, 7) is 4.96. The van der Waals surface area contributed by atoms with Gasteiger partial charge in [0.25, 0.3) is 0 Å². The summed E-state index contributed by atoms with van der Waals surface area (Å²) in [4.78, 5) is 0. The minimum atomic E-state index is -0.175. The molecule has 1 rings (SSSR count). The fourth-order valence-electron chi connectivity index (χ4n) is 2.22. The molecule has 18 heavy (non-hydrogen) atoms.